The summed E-state index contributed by atoms with van der Waals surface area (Å²) < 4.78 is 6.64. The molecular weight excluding hydrogens is 677 g/mol. The smallest absolute Gasteiger partial charge is 0.143 e. The Labute approximate surface area is 326 Å². The molecular formula is C55H38O. The van der Waals surface area contributed by atoms with Gasteiger partial charge in [0.2, 0.25) is 0 Å². The highest BCUT2D eigenvalue weighted by molar-refractivity contribution is 6.24. The van der Waals surface area contributed by atoms with Crippen LogP contribution in [0.4, 0.5) is 0 Å². The van der Waals surface area contributed by atoms with Crippen LogP contribution in [0.5, 0.6) is 0 Å². The fourth-order valence-corrected chi connectivity index (χ4v) is 9.60. The van der Waals surface area contributed by atoms with E-state index in [0.29, 0.717) is 0 Å². The van der Waals surface area contributed by atoms with E-state index < -0.39 is 0 Å². The molecule has 264 valence electrons. The van der Waals surface area contributed by atoms with Crippen LogP contribution in [0.15, 0.2) is 199 Å². The SMILES string of the molecule is CC1(C)c2cc(-c3ccc(-c4ccccccc(-c5ccccc5)c5ccccc45)c4ccccc34)ccc2-c2c1c1ccccc1c1oc3ccccc3c21. The minimum Gasteiger partial charge on any atom is -0.455 e. The lowest BCUT2D eigenvalue weighted by Gasteiger charge is -2.24. The molecule has 0 N–H and O–H groups in total. The zero-order valence-electron chi connectivity index (χ0n) is 31.4. The average Bonchev–Trinajstić information content (AvgIpc) is 3.75. The van der Waals surface area contributed by atoms with Crippen molar-refractivity contribution in [1.82, 2.24) is 0 Å². The van der Waals surface area contributed by atoms with Crippen molar-refractivity contribution in [3.05, 3.63) is 205 Å². The highest BCUT2D eigenvalue weighted by Gasteiger charge is 2.40. The molecule has 0 saturated carbocycles. The molecule has 0 amide bonds. The number of hydrogen-bond donors (Lipinski definition) is 0. The van der Waals surface area contributed by atoms with Crippen LogP contribution in [-0.2, 0) is 5.41 Å². The van der Waals surface area contributed by atoms with Gasteiger partial charge in [0.1, 0.15) is 11.2 Å². The molecule has 1 aliphatic rings. The maximum absolute atomic E-state index is 6.64. The van der Waals surface area contributed by atoms with Gasteiger partial charge >= 0.3 is 0 Å². The molecule has 0 spiro atoms. The van der Waals surface area contributed by atoms with Gasteiger partial charge in [-0.25, -0.2) is 0 Å². The molecule has 1 nitrogen and oxygen atoms in total. The number of hydrogen-bond acceptors (Lipinski definition) is 1. The molecule has 10 aromatic rings. The third-order valence-corrected chi connectivity index (χ3v) is 12.1. The Kier molecular flexibility index (Phi) is 7.28. The zero-order chi connectivity index (χ0) is 37.4. The Morgan fingerprint density at radius 1 is 0.357 bits per heavy atom. The van der Waals surface area contributed by atoms with Gasteiger partial charge in [-0.3, -0.25) is 0 Å². The minimum atomic E-state index is -0.224. The first-order valence-corrected chi connectivity index (χ1v) is 19.5. The van der Waals surface area contributed by atoms with E-state index >= 15 is 0 Å². The van der Waals surface area contributed by atoms with Crippen molar-refractivity contribution >= 4 is 54.3 Å². The molecule has 0 bridgehead atoms. The van der Waals surface area contributed by atoms with Crippen LogP contribution in [0.3, 0.4) is 0 Å². The van der Waals surface area contributed by atoms with Crippen LogP contribution in [-0.4, -0.2) is 0 Å². The molecule has 0 atom stereocenters. The number of benzene rings is 8. The summed E-state index contributed by atoms with van der Waals surface area (Å²) in [5.74, 6) is 0. The fraction of sp³-hybridized carbons (Fsp3) is 0.0545. The normalized spacial score (nSPS) is 13.0. The second-order valence-corrected chi connectivity index (χ2v) is 15.5. The van der Waals surface area contributed by atoms with E-state index in [2.05, 4.69) is 208 Å². The maximum Gasteiger partial charge on any atom is 0.143 e. The van der Waals surface area contributed by atoms with E-state index in [4.69, 9.17) is 4.42 Å². The van der Waals surface area contributed by atoms with Crippen molar-refractivity contribution in [2.45, 2.75) is 19.3 Å². The van der Waals surface area contributed by atoms with Gasteiger partial charge in [0.05, 0.1) is 0 Å². The Morgan fingerprint density at radius 2 is 0.821 bits per heavy atom. The van der Waals surface area contributed by atoms with Gasteiger partial charge in [0.25, 0.3) is 0 Å². The average molecular weight is 715 g/mol. The fourth-order valence-electron chi connectivity index (χ4n) is 9.60. The predicted octanol–water partition coefficient (Wildman–Crippen LogP) is 15.5. The van der Waals surface area contributed by atoms with Crippen molar-refractivity contribution in [3.8, 4) is 44.5 Å². The lowest BCUT2D eigenvalue weighted by molar-refractivity contribution is 0.664. The quantitative estimate of drug-likeness (QED) is 0.178. The molecule has 0 radical (unpaired) electrons. The molecule has 1 heterocycles. The molecule has 1 heteroatoms. The van der Waals surface area contributed by atoms with Gasteiger partial charge in [0, 0.05) is 21.6 Å². The van der Waals surface area contributed by atoms with E-state index in [0.717, 1.165) is 11.2 Å². The summed E-state index contributed by atoms with van der Waals surface area (Å²) in [6.07, 6.45) is 0. The molecule has 0 saturated heterocycles. The van der Waals surface area contributed by atoms with Crippen LogP contribution in [0.25, 0.3) is 98.8 Å². The second-order valence-electron chi connectivity index (χ2n) is 15.5. The molecule has 0 aliphatic heterocycles. The zero-order valence-corrected chi connectivity index (χ0v) is 31.4. The molecule has 1 aliphatic carbocycles. The Morgan fingerprint density at radius 3 is 1.52 bits per heavy atom. The van der Waals surface area contributed by atoms with Crippen molar-refractivity contribution in [3.63, 3.8) is 0 Å². The summed E-state index contributed by atoms with van der Waals surface area (Å²) in [7, 11) is 0. The summed E-state index contributed by atoms with van der Waals surface area (Å²) in [4.78, 5) is 0. The Hall–Kier alpha value is -6.96. The van der Waals surface area contributed by atoms with Crippen LogP contribution in [0.1, 0.15) is 25.0 Å². The van der Waals surface area contributed by atoms with Gasteiger partial charge in [-0.1, -0.05) is 196 Å². The van der Waals surface area contributed by atoms with Crippen LogP contribution in [0, 0.1) is 0 Å². The maximum atomic E-state index is 6.64. The number of para-hydroxylation sites is 1. The lowest BCUT2D eigenvalue weighted by Crippen LogP contribution is -2.15. The van der Waals surface area contributed by atoms with Gasteiger partial charge in [-0.15, -0.1) is 0 Å². The third-order valence-electron chi connectivity index (χ3n) is 12.1. The van der Waals surface area contributed by atoms with Gasteiger partial charge in [-0.2, -0.15) is 0 Å². The number of furan rings is 1. The molecule has 0 unspecified atom stereocenters. The summed E-state index contributed by atoms with van der Waals surface area (Å²) in [5.41, 5.74) is 14.3. The summed E-state index contributed by atoms with van der Waals surface area (Å²) in [6.45, 7) is 4.79. The Balaban J connectivity index is 1.14. The predicted molar refractivity (Wildman–Crippen MR) is 238 cm³/mol. The first kappa shape index (κ1) is 32.5. The van der Waals surface area contributed by atoms with E-state index in [9.17, 15) is 0 Å². The highest BCUT2D eigenvalue weighted by atomic mass is 16.3. The number of rotatable bonds is 3. The summed E-state index contributed by atoms with van der Waals surface area (Å²) in [6, 6.07) is 70.6. The van der Waals surface area contributed by atoms with Gasteiger partial charge in [0.15, 0.2) is 0 Å². The largest absolute Gasteiger partial charge is 0.455 e. The standard InChI is InChI=1S/C55H38O/c1-55(2)49-34-36(30-31-47(49)51-52-48-28-16-17-29-50(48)56-54(52)46-27-15-14-26-45(46)53(51)55)38-32-33-44(42-25-13-11-23-40(38)42)43-21-9-4-3-8-20-37(35-18-6-5-7-19-35)39-22-10-12-24-41(39)43/h3-34H,1-2H3. The lowest BCUT2D eigenvalue weighted by atomic mass is 9.79. The van der Waals surface area contributed by atoms with Gasteiger partial charge < -0.3 is 4.42 Å². The van der Waals surface area contributed by atoms with Crippen molar-refractivity contribution in [2.24, 2.45) is 0 Å². The molecule has 9 aromatic carbocycles. The minimum absolute atomic E-state index is 0.224. The summed E-state index contributed by atoms with van der Waals surface area (Å²) >= 11 is 0. The highest BCUT2D eigenvalue weighted by Crippen LogP contribution is 2.57. The van der Waals surface area contributed by atoms with Crippen molar-refractivity contribution < 1.29 is 4.42 Å². The van der Waals surface area contributed by atoms with E-state index in [1.54, 1.807) is 0 Å². The van der Waals surface area contributed by atoms with Crippen LogP contribution < -0.4 is 0 Å². The first-order valence-electron chi connectivity index (χ1n) is 19.5. The molecule has 0 fully saturated rings. The van der Waals surface area contributed by atoms with E-state index in [-0.39, 0.29) is 5.41 Å². The molecule has 1 aromatic heterocycles. The third kappa shape index (κ3) is 4.81. The van der Waals surface area contributed by atoms with Crippen LogP contribution >= 0.6 is 0 Å². The van der Waals surface area contributed by atoms with Gasteiger partial charge in [-0.05, 0) is 94.7 Å². The topological polar surface area (TPSA) is 13.1 Å². The monoisotopic (exact) mass is 714 g/mol. The molecule has 56 heavy (non-hydrogen) atoms. The molecule has 11 rings (SSSR count). The summed E-state index contributed by atoms with van der Waals surface area (Å²) in [5, 5.41) is 9.73. The van der Waals surface area contributed by atoms with Crippen molar-refractivity contribution in [2.75, 3.05) is 0 Å². The van der Waals surface area contributed by atoms with E-state index in [1.807, 2.05) is 0 Å². The van der Waals surface area contributed by atoms with Crippen LogP contribution in [0.2, 0.25) is 0 Å². The van der Waals surface area contributed by atoms with Crippen molar-refractivity contribution in [1.29, 1.82) is 0 Å². The Bertz CT molecular complexity index is 3270. The van der Waals surface area contributed by atoms with E-state index in [1.165, 1.54) is 98.7 Å². The first-order chi connectivity index (χ1) is 27.6. The number of fused-ring (bicyclic) bond motifs is 12. The second kappa shape index (κ2) is 12.5.